The van der Waals surface area contributed by atoms with Crippen LogP contribution in [-0.2, 0) is 23.1 Å². The standard InChI is InChI=1S/C41H72O5Si2/c1-17-33-24-25-34-31(21-20-26-40(33,34)12)22-23-32-27-41(46-48(15,16)38(8,9)10,43-29-36(42)44-39(11,18-2)19-3)28-35(30(32)4)45-47(13,14)37(5,6)7/h22-24,34-35H,4,17-21,25-29H2,1-3,5-16H3/t34-,35?,40+,41-/m0/s1. The highest BCUT2D eigenvalue weighted by atomic mass is 28.4. The number of esters is 1. The Morgan fingerprint density at radius 1 is 0.979 bits per heavy atom. The summed E-state index contributed by atoms with van der Waals surface area (Å²) >= 11 is 0. The summed E-state index contributed by atoms with van der Waals surface area (Å²) in [6.07, 6.45) is 15.3. The Kier molecular flexibility index (Phi) is 12.7. The number of hydrogen-bond donors (Lipinski definition) is 0. The predicted molar refractivity (Wildman–Crippen MR) is 207 cm³/mol. The SMILES string of the molecule is C=C1C(=CC=C2CCC[C@]3(C)C(CC)=CC[C@@H]23)C[C@](OCC(=O)OC(C)(CC)CC)(O[Si](C)(C)C(C)(C)C)CC1O[Si](C)(C)C(C)(C)C. The van der Waals surface area contributed by atoms with Crippen LogP contribution in [0.3, 0.4) is 0 Å². The molecule has 48 heavy (non-hydrogen) atoms. The largest absolute Gasteiger partial charge is 0.458 e. The Morgan fingerprint density at radius 2 is 1.58 bits per heavy atom. The van der Waals surface area contributed by atoms with Crippen LogP contribution in [0.5, 0.6) is 0 Å². The number of ether oxygens (including phenoxy) is 2. The molecule has 0 aromatic rings. The van der Waals surface area contributed by atoms with Gasteiger partial charge < -0.3 is 18.3 Å². The van der Waals surface area contributed by atoms with E-state index in [2.05, 4.69) is 120 Å². The lowest BCUT2D eigenvalue weighted by molar-refractivity contribution is -0.219. The van der Waals surface area contributed by atoms with Gasteiger partial charge in [-0.1, -0.05) is 105 Å². The van der Waals surface area contributed by atoms with E-state index < -0.39 is 28.0 Å². The normalized spacial score (nSPS) is 29.3. The quantitative estimate of drug-likeness (QED) is 0.0878. The Hall–Kier alpha value is -1.26. The van der Waals surface area contributed by atoms with E-state index in [0.717, 1.165) is 43.3 Å². The molecule has 5 nitrogen and oxygen atoms in total. The predicted octanol–water partition coefficient (Wildman–Crippen LogP) is 12.0. The summed E-state index contributed by atoms with van der Waals surface area (Å²) in [5.41, 5.74) is 5.03. The second kappa shape index (κ2) is 14.8. The number of allylic oxidation sites excluding steroid dienone is 5. The molecule has 0 radical (unpaired) electrons. The second-order valence-corrected chi connectivity index (χ2v) is 28.0. The van der Waals surface area contributed by atoms with Gasteiger partial charge in [0.15, 0.2) is 22.4 Å². The minimum absolute atomic E-state index is 0.0218. The van der Waals surface area contributed by atoms with Crippen LogP contribution in [0.25, 0.3) is 0 Å². The van der Waals surface area contributed by atoms with Gasteiger partial charge in [0.05, 0.1) is 6.10 Å². The highest BCUT2D eigenvalue weighted by molar-refractivity contribution is 6.74. The fourth-order valence-electron chi connectivity index (χ4n) is 7.29. The van der Waals surface area contributed by atoms with Gasteiger partial charge in [-0.25, -0.2) is 4.79 Å². The lowest BCUT2D eigenvalue weighted by atomic mass is 9.64. The Balaban J connectivity index is 2.11. The summed E-state index contributed by atoms with van der Waals surface area (Å²) in [7, 11) is -4.57. The van der Waals surface area contributed by atoms with Crippen LogP contribution in [0, 0.1) is 11.3 Å². The van der Waals surface area contributed by atoms with Crippen LogP contribution in [0.1, 0.15) is 134 Å². The Bertz CT molecular complexity index is 1270. The van der Waals surface area contributed by atoms with E-state index >= 15 is 0 Å². The number of fused-ring (bicyclic) bond motifs is 1. The van der Waals surface area contributed by atoms with Crippen molar-refractivity contribution in [1.82, 2.24) is 0 Å². The second-order valence-electron chi connectivity index (χ2n) is 18.5. The van der Waals surface area contributed by atoms with Crippen molar-refractivity contribution in [3.05, 3.63) is 47.1 Å². The number of carbonyl (C=O) groups is 1. The maximum Gasteiger partial charge on any atom is 0.332 e. The highest BCUT2D eigenvalue weighted by Crippen LogP contribution is 2.56. The van der Waals surface area contributed by atoms with Gasteiger partial charge >= 0.3 is 5.97 Å². The minimum atomic E-state index is -2.37. The summed E-state index contributed by atoms with van der Waals surface area (Å²) in [4.78, 5) is 13.4. The minimum Gasteiger partial charge on any atom is -0.458 e. The van der Waals surface area contributed by atoms with E-state index in [9.17, 15) is 4.79 Å². The van der Waals surface area contributed by atoms with E-state index in [1.54, 1.807) is 5.57 Å². The Morgan fingerprint density at radius 3 is 2.12 bits per heavy atom. The third-order valence-electron chi connectivity index (χ3n) is 13.1. The first kappa shape index (κ1) is 41.2. The maximum absolute atomic E-state index is 13.4. The van der Waals surface area contributed by atoms with E-state index in [1.807, 2.05) is 6.92 Å². The fraction of sp³-hybridized carbons (Fsp3) is 0.780. The molecule has 3 aliphatic carbocycles. The van der Waals surface area contributed by atoms with E-state index in [-0.39, 0.29) is 34.2 Å². The van der Waals surface area contributed by atoms with Crippen LogP contribution in [0.4, 0.5) is 0 Å². The van der Waals surface area contributed by atoms with Crippen LogP contribution in [0.2, 0.25) is 36.3 Å². The molecular formula is C41H72O5Si2. The highest BCUT2D eigenvalue weighted by Gasteiger charge is 2.52. The van der Waals surface area contributed by atoms with E-state index in [0.29, 0.717) is 18.8 Å². The monoisotopic (exact) mass is 700 g/mol. The molecule has 2 saturated carbocycles. The summed E-state index contributed by atoms with van der Waals surface area (Å²) in [5.74, 6) is -0.832. The van der Waals surface area contributed by atoms with Gasteiger partial charge in [-0.05, 0) is 111 Å². The summed E-state index contributed by atoms with van der Waals surface area (Å²) < 4.78 is 27.3. The molecular weight excluding hydrogens is 629 g/mol. The molecule has 0 aromatic heterocycles. The number of rotatable bonds is 12. The van der Waals surface area contributed by atoms with Crippen molar-refractivity contribution in [2.75, 3.05) is 6.61 Å². The average molecular weight is 701 g/mol. The molecule has 274 valence electrons. The molecule has 4 atom stereocenters. The van der Waals surface area contributed by atoms with Crippen LogP contribution >= 0.6 is 0 Å². The lowest BCUT2D eigenvalue weighted by Gasteiger charge is -2.51. The molecule has 0 heterocycles. The van der Waals surface area contributed by atoms with Gasteiger partial charge in [0.1, 0.15) is 12.2 Å². The molecule has 3 aliphatic rings. The Labute approximate surface area is 297 Å². The average Bonchev–Trinajstić information content (AvgIpc) is 3.32. The molecule has 2 fully saturated rings. The van der Waals surface area contributed by atoms with Crippen molar-refractivity contribution >= 4 is 22.6 Å². The number of hydrogen-bond acceptors (Lipinski definition) is 5. The molecule has 0 aliphatic heterocycles. The van der Waals surface area contributed by atoms with Gasteiger partial charge in [0.2, 0.25) is 0 Å². The zero-order chi connectivity index (χ0) is 36.6. The number of carbonyl (C=O) groups excluding carboxylic acids is 1. The third kappa shape index (κ3) is 8.96. The van der Waals surface area contributed by atoms with Gasteiger partial charge in [0, 0.05) is 12.8 Å². The fourth-order valence-corrected chi connectivity index (χ4v) is 10.0. The first-order chi connectivity index (χ1) is 21.9. The topological polar surface area (TPSA) is 54.0 Å². The summed E-state index contributed by atoms with van der Waals surface area (Å²) in [6.45, 7) is 38.1. The van der Waals surface area contributed by atoms with Crippen molar-refractivity contribution in [2.45, 2.75) is 188 Å². The van der Waals surface area contributed by atoms with Gasteiger partial charge in [-0.15, -0.1) is 0 Å². The summed E-state index contributed by atoms with van der Waals surface area (Å²) in [5, 5.41) is -0.0318. The zero-order valence-electron chi connectivity index (χ0n) is 33.7. The van der Waals surface area contributed by atoms with Crippen molar-refractivity contribution < 1.29 is 23.1 Å². The molecule has 0 amide bonds. The first-order valence-corrected chi connectivity index (χ1v) is 24.7. The molecule has 0 aromatic carbocycles. The molecule has 0 spiro atoms. The maximum atomic E-state index is 13.4. The van der Waals surface area contributed by atoms with E-state index in [1.165, 1.54) is 18.4 Å². The molecule has 7 heteroatoms. The van der Waals surface area contributed by atoms with Crippen molar-refractivity contribution in [2.24, 2.45) is 11.3 Å². The van der Waals surface area contributed by atoms with Gasteiger partial charge in [0.25, 0.3) is 0 Å². The van der Waals surface area contributed by atoms with Crippen molar-refractivity contribution in [1.29, 1.82) is 0 Å². The van der Waals surface area contributed by atoms with Crippen LogP contribution in [-0.4, -0.2) is 46.7 Å². The van der Waals surface area contributed by atoms with Crippen LogP contribution < -0.4 is 0 Å². The molecule has 0 bridgehead atoms. The van der Waals surface area contributed by atoms with Crippen LogP contribution in [0.15, 0.2) is 47.1 Å². The zero-order valence-corrected chi connectivity index (χ0v) is 35.7. The van der Waals surface area contributed by atoms with Crippen molar-refractivity contribution in [3.63, 3.8) is 0 Å². The lowest BCUT2D eigenvalue weighted by Crippen LogP contribution is -2.56. The van der Waals surface area contributed by atoms with E-state index in [4.69, 9.17) is 18.3 Å². The van der Waals surface area contributed by atoms with Gasteiger partial charge in [-0.3, -0.25) is 0 Å². The molecule has 0 N–H and O–H groups in total. The third-order valence-corrected chi connectivity index (χ3v) is 22.1. The summed E-state index contributed by atoms with van der Waals surface area (Å²) in [6, 6.07) is 0. The molecule has 3 rings (SSSR count). The van der Waals surface area contributed by atoms with Crippen molar-refractivity contribution in [3.8, 4) is 0 Å². The smallest absolute Gasteiger partial charge is 0.332 e. The molecule has 1 unspecified atom stereocenters. The molecule has 0 saturated heterocycles. The van der Waals surface area contributed by atoms with Gasteiger partial charge in [-0.2, -0.15) is 0 Å². The first-order valence-electron chi connectivity index (χ1n) is 18.9.